The highest BCUT2D eigenvalue weighted by Gasteiger charge is 2.29. The van der Waals surface area contributed by atoms with Crippen molar-refractivity contribution in [2.45, 2.75) is 20.4 Å². The minimum absolute atomic E-state index is 1.00. The average Bonchev–Trinajstić information content (AvgIpc) is 2.78. The second-order valence-corrected chi connectivity index (χ2v) is 5.49. The Kier molecular flexibility index (Phi) is 2.08. The van der Waals surface area contributed by atoms with Gasteiger partial charge in [0.1, 0.15) is 0 Å². The van der Waals surface area contributed by atoms with Gasteiger partial charge in [-0.15, -0.1) is 0 Å². The Balaban J connectivity index is 2.15. The van der Waals surface area contributed by atoms with Crippen molar-refractivity contribution in [2.24, 2.45) is 0 Å². The van der Waals surface area contributed by atoms with Crippen LogP contribution in [0, 0.1) is 13.8 Å². The smallest absolute Gasteiger partial charge is 0.193 e. The van der Waals surface area contributed by atoms with Gasteiger partial charge in [-0.25, -0.2) is 0 Å². The van der Waals surface area contributed by atoms with Crippen LogP contribution in [0.15, 0.2) is 48.7 Å². The Hall–Kier alpha value is -2.15. The van der Waals surface area contributed by atoms with Gasteiger partial charge in [-0.1, -0.05) is 24.3 Å². The number of nitrogens with zero attached hydrogens (tertiary/aromatic N) is 1. The molecule has 1 nitrogen and oxygen atoms in total. The number of aryl methyl sites for hydroxylation is 2. The predicted molar refractivity (Wildman–Crippen MR) is 78.2 cm³/mol. The average molecular weight is 246 g/mol. The van der Waals surface area contributed by atoms with Crippen molar-refractivity contribution in [2.75, 3.05) is 0 Å². The van der Waals surface area contributed by atoms with Crippen LogP contribution in [-0.4, -0.2) is 0 Å². The molecule has 3 aromatic rings. The normalized spacial score (nSPS) is 12.5. The Labute approximate surface area is 113 Å². The van der Waals surface area contributed by atoms with Crippen LogP contribution in [0.5, 0.6) is 0 Å². The standard InChI is InChI=1S/C18H16N/c1-12-9-13(2)17-11-19-8-7-14-5-3-4-6-15(14)18(19)16(17)10-12/h3-10H,11H2,1-2H3/q+1. The van der Waals surface area contributed by atoms with E-state index in [2.05, 4.69) is 67.1 Å². The molecular weight excluding hydrogens is 230 g/mol. The molecule has 1 aliphatic rings. The summed E-state index contributed by atoms with van der Waals surface area (Å²) in [4.78, 5) is 0. The van der Waals surface area contributed by atoms with Crippen LogP contribution in [0.4, 0.5) is 0 Å². The van der Waals surface area contributed by atoms with E-state index < -0.39 is 0 Å². The van der Waals surface area contributed by atoms with Gasteiger partial charge in [-0.3, -0.25) is 0 Å². The summed E-state index contributed by atoms with van der Waals surface area (Å²) in [5, 5.41) is 2.68. The van der Waals surface area contributed by atoms with Crippen molar-refractivity contribution in [3.05, 3.63) is 65.4 Å². The molecule has 2 heterocycles. The summed E-state index contributed by atoms with van der Waals surface area (Å²) in [6.07, 6.45) is 2.21. The van der Waals surface area contributed by atoms with Crippen molar-refractivity contribution in [1.82, 2.24) is 0 Å². The van der Waals surface area contributed by atoms with Crippen molar-refractivity contribution < 1.29 is 4.57 Å². The Bertz CT molecular complexity index is 815. The molecule has 0 fully saturated rings. The summed E-state index contributed by atoms with van der Waals surface area (Å²) >= 11 is 0. The first-order valence-corrected chi connectivity index (χ1v) is 6.76. The van der Waals surface area contributed by atoms with Crippen LogP contribution in [0.25, 0.3) is 22.0 Å². The summed E-state index contributed by atoms with van der Waals surface area (Å²) < 4.78 is 2.37. The van der Waals surface area contributed by atoms with Crippen LogP contribution in [-0.2, 0) is 6.54 Å². The quantitative estimate of drug-likeness (QED) is 0.416. The summed E-state index contributed by atoms with van der Waals surface area (Å²) in [5.74, 6) is 0. The fourth-order valence-corrected chi connectivity index (χ4v) is 3.28. The number of pyridine rings is 1. The van der Waals surface area contributed by atoms with Gasteiger partial charge < -0.3 is 0 Å². The van der Waals surface area contributed by atoms with Gasteiger partial charge in [0, 0.05) is 11.6 Å². The van der Waals surface area contributed by atoms with Gasteiger partial charge in [0.15, 0.2) is 12.7 Å². The van der Waals surface area contributed by atoms with Gasteiger partial charge in [0.05, 0.1) is 10.9 Å². The first-order valence-electron chi connectivity index (χ1n) is 6.76. The van der Waals surface area contributed by atoms with E-state index in [0.717, 1.165) is 6.54 Å². The molecule has 1 aliphatic heterocycles. The van der Waals surface area contributed by atoms with Crippen LogP contribution >= 0.6 is 0 Å². The highest BCUT2D eigenvalue weighted by Crippen LogP contribution is 2.34. The molecule has 0 bridgehead atoms. The van der Waals surface area contributed by atoms with E-state index in [1.807, 2.05) is 0 Å². The van der Waals surface area contributed by atoms with Gasteiger partial charge in [-0.2, -0.15) is 4.57 Å². The molecule has 1 heteroatoms. The molecule has 0 radical (unpaired) electrons. The summed E-state index contributed by atoms with van der Waals surface area (Å²) in [6, 6.07) is 15.5. The summed E-state index contributed by atoms with van der Waals surface area (Å²) in [6.45, 7) is 5.41. The van der Waals surface area contributed by atoms with E-state index in [0.29, 0.717) is 0 Å². The minimum Gasteiger partial charge on any atom is -0.193 e. The second-order valence-electron chi connectivity index (χ2n) is 5.49. The molecule has 0 amide bonds. The van der Waals surface area contributed by atoms with Crippen LogP contribution in [0.1, 0.15) is 16.7 Å². The molecule has 0 saturated carbocycles. The maximum Gasteiger partial charge on any atom is 0.221 e. The first kappa shape index (κ1) is 10.7. The molecule has 92 valence electrons. The molecular formula is C18H16N+. The minimum atomic E-state index is 1.00. The molecule has 19 heavy (non-hydrogen) atoms. The van der Waals surface area contributed by atoms with E-state index in [9.17, 15) is 0 Å². The summed E-state index contributed by atoms with van der Waals surface area (Å²) in [7, 11) is 0. The van der Waals surface area contributed by atoms with Gasteiger partial charge in [0.2, 0.25) is 5.69 Å². The maximum atomic E-state index is 2.37. The van der Waals surface area contributed by atoms with E-state index in [4.69, 9.17) is 0 Å². The highest BCUT2D eigenvalue weighted by atomic mass is 15.0. The van der Waals surface area contributed by atoms with E-state index >= 15 is 0 Å². The van der Waals surface area contributed by atoms with Crippen molar-refractivity contribution in [1.29, 1.82) is 0 Å². The van der Waals surface area contributed by atoms with Crippen molar-refractivity contribution in [3.63, 3.8) is 0 Å². The molecule has 0 atom stereocenters. The fourth-order valence-electron chi connectivity index (χ4n) is 3.28. The lowest BCUT2D eigenvalue weighted by atomic mass is 9.97. The van der Waals surface area contributed by atoms with Gasteiger partial charge >= 0.3 is 0 Å². The molecule has 0 unspecified atom stereocenters. The number of hydrogen-bond acceptors (Lipinski definition) is 0. The molecule has 4 rings (SSSR count). The topological polar surface area (TPSA) is 3.88 Å². The Morgan fingerprint density at radius 3 is 2.74 bits per heavy atom. The first-order chi connectivity index (χ1) is 9.24. The monoisotopic (exact) mass is 246 g/mol. The lowest BCUT2D eigenvalue weighted by Crippen LogP contribution is -2.31. The molecule has 0 spiro atoms. The summed E-state index contributed by atoms with van der Waals surface area (Å²) in [5.41, 5.74) is 7.01. The van der Waals surface area contributed by atoms with Crippen LogP contribution in [0.2, 0.25) is 0 Å². The maximum absolute atomic E-state index is 2.37. The Morgan fingerprint density at radius 1 is 1.00 bits per heavy atom. The van der Waals surface area contributed by atoms with Crippen molar-refractivity contribution in [3.8, 4) is 11.3 Å². The van der Waals surface area contributed by atoms with E-state index in [1.54, 1.807) is 0 Å². The third-order valence-corrected chi connectivity index (χ3v) is 4.14. The zero-order valence-electron chi connectivity index (χ0n) is 11.3. The molecule has 1 aromatic heterocycles. The molecule has 0 aliphatic carbocycles. The number of hydrogen-bond donors (Lipinski definition) is 0. The second kappa shape index (κ2) is 3.67. The fraction of sp³-hybridized carbons (Fsp3) is 0.167. The molecule has 0 N–H and O–H groups in total. The third kappa shape index (κ3) is 1.45. The number of fused-ring (bicyclic) bond motifs is 5. The molecule has 0 saturated heterocycles. The largest absolute Gasteiger partial charge is 0.221 e. The highest BCUT2D eigenvalue weighted by molar-refractivity contribution is 5.94. The van der Waals surface area contributed by atoms with Gasteiger partial charge in [0.25, 0.3) is 0 Å². The number of benzene rings is 2. The third-order valence-electron chi connectivity index (χ3n) is 4.14. The zero-order valence-corrected chi connectivity index (χ0v) is 11.3. The molecule has 2 aromatic carbocycles. The van der Waals surface area contributed by atoms with E-state index in [1.165, 1.54) is 38.7 Å². The van der Waals surface area contributed by atoms with Gasteiger partial charge in [-0.05, 0) is 42.5 Å². The SMILES string of the molecule is Cc1cc(C)c2c(c1)-c1c3ccccc3cc[n+]1C2. The lowest BCUT2D eigenvalue weighted by molar-refractivity contribution is -0.671. The van der Waals surface area contributed by atoms with Crippen molar-refractivity contribution >= 4 is 10.8 Å². The lowest BCUT2D eigenvalue weighted by Gasteiger charge is -2.03. The predicted octanol–water partition coefficient (Wildman–Crippen LogP) is 3.77. The zero-order chi connectivity index (χ0) is 13.0. The van der Waals surface area contributed by atoms with Crippen LogP contribution < -0.4 is 4.57 Å². The number of rotatable bonds is 0. The van der Waals surface area contributed by atoms with Crippen LogP contribution in [0.3, 0.4) is 0 Å². The Morgan fingerprint density at radius 2 is 1.84 bits per heavy atom. The number of aromatic nitrogens is 1. The van der Waals surface area contributed by atoms with E-state index in [-0.39, 0.29) is 0 Å².